The van der Waals surface area contributed by atoms with E-state index in [2.05, 4.69) is 17.0 Å². The van der Waals surface area contributed by atoms with Crippen LogP contribution in [0.3, 0.4) is 0 Å². The predicted octanol–water partition coefficient (Wildman–Crippen LogP) is 1.60. The van der Waals surface area contributed by atoms with Gasteiger partial charge in [0.1, 0.15) is 4.21 Å². The highest BCUT2D eigenvalue weighted by atomic mass is 32.2. The number of sulfonamides is 1. The lowest BCUT2D eigenvalue weighted by atomic mass is 10.3. The van der Waals surface area contributed by atoms with Gasteiger partial charge in [0, 0.05) is 18.0 Å². The van der Waals surface area contributed by atoms with Crippen LogP contribution in [0, 0.1) is 0 Å². The van der Waals surface area contributed by atoms with Crippen LogP contribution < -0.4 is 10.0 Å². The zero-order valence-corrected chi connectivity index (χ0v) is 13.8. The smallest absolute Gasteiger partial charge is 0.250 e. The maximum absolute atomic E-state index is 12.0. The van der Waals surface area contributed by atoms with Gasteiger partial charge in [-0.15, -0.1) is 11.3 Å². The topological polar surface area (TPSA) is 67.4 Å². The van der Waals surface area contributed by atoms with E-state index in [1.165, 1.54) is 11.3 Å². The highest BCUT2D eigenvalue weighted by Gasteiger charge is 2.15. The maximum atomic E-state index is 12.0. The summed E-state index contributed by atoms with van der Waals surface area (Å²) in [6.07, 6.45) is 1.97. The Balaban J connectivity index is 2.44. The van der Waals surface area contributed by atoms with E-state index in [1.54, 1.807) is 6.07 Å². The molecule has 1 rings (SSSR count). The summed E-state index contributed by atoms with van der Waals surface area (Å²) >= 11 is 1.33. The molecule has 0 aliphatic heterocycles. The molecular weight excluding hydrogens is 296 g/mol. The first-order valence-electron chi connectivity index (χ1n) is 6.97. The Kier molecular flexibility index (Phi) is 8.32. The van der Waals surface area contributed by atoms with Gasteiger partial charge in [-0.1, -0.05) is 6.92 Å². The van der Waals surface area contributed by atoms with Crippen LogP contribution >= 0.6 is 11.3 Å². The van der Waals surface area contributed by atoms with Crippen molar-refractivity contribution in [1.29, 1.82) is 0 Å². The summed E-state index contributed by atoms with van der Waals surface area (Å²) in [5, 5.41) is 3.30. The van der Waals surface area contributed by atoms with Gasteiger partial charge in [0.15, 0.2) is 0 Å². The summed E-state index contributed by atoms with van der Waals surface area (Å²) in [7, 11) is -3.39. The fourth-order valence-corrected chi connectivity index (χ4v) is 4.03. The van der Waals surface area contributed by atoms with Gasteiger partial charge in [-0.3, -0.25) is 0 Å². The Morgan fingerprint density at radius 1 is 1.20 bits per heavy atom. The van der Waals surface area contributed by atoms with Crippen LogP contribution in [0.4, 0.5) is 0 Å². The van der Waals surface area contributed by atoms with Gasteiger partial charge >= 0.3 is 0 Å². The summed E-state index contributed by atoms with van der Waals surface area (Å²) < 4.78 is 32.1. The largest absolute Gasteiger partial charge is 0.380 e. The molecule has 116 valence electrons. The van der Waals surface area contributed by atoms with E-state index in [9.17, 15) is 8.42 Å². The van der Waals surface area contributed by atoms with Crippen molar-refractivity contribution in [1.82, 2.24) is 10.0 Å². The number of ether oxygens (including phenoxy) is 1. The molecule has 7 heteroatoms. The van der Waals surface area contributed by atoms with Crippen LogP contribution in [0.1, 0.15) is 25.1 Å². The van der Waals surface area contributed by atoms with Crippen molar-refractivity contribution in [3.05, 3.63) is 17.0 Å². The summed E-state index contributed by atoms with van der Waals surface area (Å²) in [6, 6.07) is 3.55. The van der Waals surface area contributed by atoms with E-state index < -0.39 is 10.0 Å². The second kappa shape index (κ2) is 9.46. The van der Waals surface area contributed by atoms with Gasteiger partial charge in [-0.25, -0.2) is 13.1 Å². The Bertz CT molecular complexity index is 472. The third-order valence-electron chi connectivity index (χ3n) is 2.62. The number of hydrogen-bond acceptors (Lipinski definition) is 5. The third-order valence-corrected chi connectivity index (χ3v) is 5.72. The summed E-state index contributed by atoms with van der Waals surface area (Å²) in [4.78, 5) is 1.08. The zero-order chi connectivity index (χ0) is 14.8. The molecule has 1 heterocycles. The van der Waals surface area contributed by atoms with Crippen LogP contribution in [0.2, 0.25) is 0 Å². The molecule has 1 aromatic rings. The van der Waals surface area contributed by atoms with Crippen LogP contribution in [0.25, 0.3) is 0 Å². The van der Waals surface area contributed by atoms with Gasteiger partial charge in [0.25, 0.3) is 0 Å². The number of rotatable bonds is 11. The van der Waals surface area contributed by atoms with E-state index in [0.717, 1.165) is 30.8 Å². The first kappa shape index (κ1) is 17.6. The molecule has 2 N–H and O–H groups in total. The highest BCUT2D eigenvalue weighted by Crippen LogP contribution is 2.21. The second-order valence-corrected chi connectivity index (χ2v) is 7.48. The first-order chi connectivity index (χ1) is 9.60. The van der Waals surface area contributed by atoms with Crippen molar-refractivity contribution >= 4 is 21.4 Å². The SMILES string of the molecule is CCCNCCc1ccc(S(=O)(=O)NCCOCC)s1. The van der Waals surface area contributed by atoms with E-state index in [4.69, 9.17) is 4.74 Å². The molecule has 0 aliphatic carbocycles. The molecule has 1 aromatic heterocycles. The number of thiophene rings is 1. The van der Waals surface area contributed by atoms with Crippen molar-refractivity contribution in [3.8, 4) is 0 Å². The van der Waals surface area contributed by atoms with Gasteiger partial charge < -0.3 is 10.1 Å². The van der Waals surface area contributed by atoms with Crippen LogP contribution in [-0.4, -0.2) is 41.3 Å². The molecule has 0 unspecified atom stereocenters. The average molecular weight is 320 g/mol. The maximum Gasteiger partial charge on any atom is 0.250 e. The fourth-order valence-electron chi connectivity index (χ4n) is 1.61. The van der Waals surface area contributed by atoms with Crippen molar-refractivity contribution in [3.63, 3.8) is 0 Å². The van der Waals surface area contributed by atoms with E-state index in [-0.39, 0.29) is 0 Å². The van der Waals surface area contributed by atoms with Crippen molar-refractivity contribution in [2.24, 2.45) is 0 Å². The molecule has 0 aromatic carbocycles. The van der Waals surface area contributed by atoms with Crippen molar-refractivity contribution < 1.29 is 13.2 Å². The lowest BCUT2D eigenvalue weighted by Gasteiger charge is -2.04. The molecule has 0 saturated heterocycles. The quantitative estimate of drug-likeness (QED) is 0.608. The molecule has 0 spiro atoms. The molecule has 0 bridgehead atoms. The van der Waals surface area contributed by atoms with Gasteiger partial charge in [0.2, 0.25) is 10.0 Å². The normalized spacial score (nSPS) is 11.9. The predicted molar refractivity (Wildman–Crippen MR) is 82.9 cm³/mol. The third kappa shape index (κ3) is 6.32. The average Bonchev–Trinajstić information content (AvgIpc) is 2.89. The molecule has 5 nitrogen and oxygen atoms in total. The van der Waals surface area contributed by atoms with Gasteiger partial charge in [0.05, 0.1) is 6.61 Å². The lowest BCUT2D eigenvalue weighted by molar-refractivity contribution is 0.153. The fraction of sp³-hybridized carbons (Fsp3) is 0.692. The molecule has 20 heavy (non-hydrogen) atoms. The Hall–Kier alpha value is -0.470. The number of hydrogen-bond donors (Lipinski definition) is 2. The summed E-state index contributed by atoms with van der Waals surface area (Å²) in [6.45, 7) is 7.18. The van der Waals surface area contributed by atoms with Crippen molar-refractivity contribution in [2.45, 2.75) is 30.9 Å². The number of nitrogens with one attached hydrogen (secondary N) is 2. The summed E-state index contributed by atoms with van der Waals surface area (Å²) in [5.41, 5.74) is 0. The molecule has 0 saturated carbocycles. The van der Waals surface area contributed by atoms with E-state index >= 15 is 0 Å². The van der Waals surface area contributed by atoms with Gasteiger partial charge in [-0.2, -0.15) is 0 Å². The highest BCUT2D eigenvalue weighted by molar-refractivity contribution is 7.91. The first-order valence-corrected chi connectivity index (χ1v) is 9.27. The Labute approximate surface area is 125 Å². The zero-order valence-electron chi connectivity index (χ0n) is 12.1. The van der Waals surface area contributed by atoms with Crippen LogP contribution in [-0.2, 0) is 21.2 Å². The second-order valence-electron chi connectivity index (χ2n) is 4.32. The molecule has 0 radical (unpaired) electrons. The van der Waals surface area contributed by atoms with Crippen LogP contribution in [0.5, 0.6) is 0 Å². The summed E-state index contributed by atoms with van der Waals surface area (Å²) in [5.74, 6) is 0. The molecule has 0 atom stereocenters. The molecular formula is C13H24N2O3S2. The molecule has 0 amide bonds. The minimum absolute atomic E-state index is 0.307. The minimum atomic E-state index is -3.39. The van der Waals surface area contributed by atoms with E-state index in [0.29, 0.717) is 24.0 Å². The lowest BCUT2D eigenvalue weighted by Crippen LogP contribution is -2.26. The Morgan fingerprint density at radius 2 is 2.00 bits per heavy atom. The monoisotopic (exact) mass is 320 g/mol. The van der Waals surface area contributed by atoms with Crippen molar-refractivity contribution in [2.75, 3.05) is 32.8 Å². The van der Waals surface area contributed by atoms with Gasteiger partial charge in [-0.05, 0) is 45.0 Å². The van der Waals surface area contributed by atoms with Crippen LogP contribution in [0.15, 0.2) is 16.3 Å². The Morgan fingerprint density at radius 3 is 2.70 bits per heavy atom. The molecule has 0 aliphatic rings. The standard InChI is InChI=1S/C13H24N2O3S2/c1-3-8-14-9-7-12-5-6-13(19-12)20(16,17)15-10-11-18-4-2/h5-6,14-15H,3-4,7-11H2,1-2H3. The molecule has 0 fully saturated rings. The minimum Gasteiger partial charge on any atom is -0.380 e. The van der Waals surface area contributed by atoms with E-state index in [1.807, 2.05) is 13.0 Å².